The van der Waals surface area contributed by atoms with E-state index in [1.165, 1.54) is 28.2 Å². The van der Waals surface area contributed by atoms with Crippen LogP contribution in [0.2, 0.25) is 0 Å². The fourth-order valence-electron chi connectivity index (χ4n) is 3.12. The first kappa shape index (κ1) is 19.3. The number of hydrogen-bond donors (Lipinski definition) is 3. The number of aromatic nitrogens is 3. The summed E-state index contributed by atoms with van der Waals surface area (Å²) in [7, 11) is 1.62. The van der Waals surface area contributed by atoms with Crippen LogP contribution in [0, 0.1) is 5.82 Å². The van der Waals surface area contributed by atoms with E-state index in [4.69, 9.17) is 5.73 Å². The molecule has 0 atom stereocenters. The van der Waals surface area contributed by atoms with Gasteiger partial charge in [-0.1, -0.05) is 6.07 Å². The number of hydrogen-bond acceptors (Lipinski definition) is 6. The first-order valence-electron chi connectivity index (χ1n) is 8.53. The molecule has 9 nitrogen and oxygen atoms in total. The number of nitrogens with zero attached hydrogens (tertiary/aromatic N) is 3. The summed E-state index contributed by atoms with van der Waals surface area (Å²) in [6.07, 6.45) is 3.01. The number of fused-ring (bicyclic) bond motifs is 1. The van der Waals surface area contributed by atoms with E-state index in [0.29, 0.717) is 9.44 Å². The number of imidazole rings is 1. The summed E-state index contributed by atoms with van der Waals surface area (Å²) in [6.45, 7) is 0. The molecule has 0 saturated heterocycles. The Kier molecular flexibility index (Phi) is 4.59. The molecule has 4 rings (SSSR count). The number of aromatic hydroxyl groups is 1. The second-order valence-corrected chi connectivity index (χ2v) is 7.29. The number of halogens is 1. The van der Waals surface area contributed by atoms with Crippen molar-refractivity contribution in [2.24, 2.45) is 12.8 Å². The third-order valence-electron chi connectivity index (χ3n) is 4.50. The van der Waals surface area contributed by atoms with Crippen LogP contribution >= 0.6 is 11.3 Å². The van der Waals surface area contributed by atoms with Crippen LogP contribution < -0.4 is 11.1 Å². The minimum Gasteiger partial charge on any atom is -0.494 e. The average Bonchev–Trinajstić information content (AvgIpc) is 3.40. The van der Waals surface area contributed by atoms with E-state index in [1.807, 2.05) is 0 Å². The Bertz CT molecular complexity index is 1320. The van der Waals surface area contributed by atoms with Gasteiger partial charge in [-0.2, -0.15) is 0 Å². The molecule has 1 aromatic carbocycles. The normalized spacial score (nSPS) is 11.0. The number of nitrogens with two attached hydrogens (primary N) is 1. The molecule has 4 aromatic rings. The number of amides is 2. The van der Waals surface area contributed by atoms with Crippen molar-refractivity contribution in [3.63, 3.8) is 0 Å². The molecule has 0 bridgehead atoms. The zero-order valence-corrected chi connectivity index (χ0v) is 16.2. The molecule has 30 heavy (non-hydrogen) atoms. The van der Waals surface area contributed by atoms with E-state index in [1.54, 1.807) is 30.8 Å². The minimum absolute atomic E-state index is 0.0569. The van der Waals surface area contributed by atoms with Crippen molar-refractivity contribution in [2.45, 2.75) is 0 Å². The van der Waals surface area contributed by atoms with Crippen molar-refractivity contribution in [1.29, 1.82) is 0 Å². The van der Waals surface area contributed by atoms with Crippen molar-refractivity contribution < 1.29 is 23.9 Å². The standard InChI is InChI=1S/C19H14FN5O4S/c1-24-5-4-22-19(24)23-16(27)14-13-10(20)7-9(15(26)12-3-2-6-30-12)8-11(13)25(17(14)28)18(21)29/h2-8,28H,1H3,(H2,21,29)(H,22,23,27). The summed E-state index contributed by atoms with van der Waals surface area (Å²) in [4.78, 5) is 41.6. The van der Waals surface area contributed by atoms with Crippen LogP contribution in [0.25, 0.3) is 10.9 Å². The van der Waals surface area contributed by atoms with Gasteiger partial charge < -0.3 is 15.4 Å². The van der Waals surface area contributed by atoms with Crippen LogP contribution in [-0.4, -0.2) is 36.9 Å². The molecule has 0 aliphatic carbocycles. The van der Waals surface area contributed by atoms with Crippen LogP contribution in [0.3, 0.4) is 0 Å². The van der Waals surface area contributed by atoms with Crippen molar-refractivity contribution in [3.05, 3.63) is 63.9 Å². The van der Waals surface area contributed by atoms with Gasteiger partial charge in [0.2, 0.25) is 17.6 Å². The predicted molar refractivity (Wildman–Crippen MR) is 107 cm³/mol. The van der Waals surface area contributed by atoms with Crippen LogP contribution in [0.1, 0.15) is 25.6 Å². The summed E-state index contributed by atoms with van der Waals surface area (Å²) >= 11 is 1.17. The van der Waals surface area contributed by atoms with Gasteiger partial charge in [0.25, 0.3) is 5.91 Å². The highest BCUT2D eigenvalue weighted by atomic mass is 32.1. The molecular formula is C19H14FN5O4S. The van der Waals surface area contributed by atoms with Gasteiger partial charge in [0.05, 0.1) is 15.8 Å². The second kappa shape index (κ2) is 7.12. The molecule has 0 radical (unpaired) electrons. The van der Waals surface area contributed by atoms with Crippen molar-refractivity contribution in [2.75, 3.05) is 5.32 Å². The maximum Gasteiger partial charge on any atom is 0.326 e. The van der Waals surface area contributed by atoms with E-state index in [-0.39, 0.29) is 22.4 Å². The van der Waals surface area contributed by atoms with Gasteiger partial charge in [0, 0.05) is 25.0 Å². The minimum atomic E-state index is -1.14. The third-order valence-corrected chi connectivity index (χ3v) is 5.37. The summed E-state index contributed by atoms with van der Waals surface area (Å²) in [5.74, 6) is -3.04. The van der Waals surface area contributed by atoms with Gasteiger partial charge in [-0.15, -0.1) is 11.3 Å². The summed E-state index contributed by atoms with van der Waals surface area (Å²) < 4.78 is 17.1. The van der Waals surface area contributed by atoms with Crippen LogP contribution in [0.5, 0.6) is 5.88 Å². The molecule has 0 spiro atoms. The molecular weight excluding hydrogens is 413 g/mol. The number of carbonyl (C=O) groups excluding carboxylic acids is 3. The Morgan fingerprint density at radius 2 is 2.07 bits per heavy atom. The van der Waals surface area contributed by atoms with Gasteiger partial charge in [-0.25, -0.2) is 18.7 Å². The highest BCUT2D eigenvalue weighted by molar-refractivity contribution is 7.12. The fraction of sp³-hybridized carbons (Fsp3) is 0.0526. The maximum atomic E-state index is 15.1. The van der Waals surface area contributed by atoms with Gasteiger partial charge in [0.1, 0.15) is 11.4 Å². The van der Waals surface area contributed by atoms with Crippen LogP contribution in [0.15, 0.2) is 42.0 Å². The lowest BCUT2D eigenvalue weighted by atomic mass is 10.0. The summed E-state index contributed by atoms with van der Waals surface area (Å²) in [6, 6.07) is 4.26. The number of rotatable bonds is 4. The predicted octanol–water partition coefficient (Wildman–Crippen LogP) is 2.69. The quantitative estimate of drug-likeness (QED) is 0.431. The van der Waals surface area contributed by atoms with Gasteiger partial charge in [-0.05, 0) is 23.6 Å². The highest BCUT2D eigenvalue weighted by Gasteiger charge is 2.29. The van der Waals surface area contributed by atoms with Crippen molar-refractivity contribution in [1.82, 2.24) is 14.1 Å². The van der Waals surface area contributed by atoms with Gasteiger partial charge in [-0.3, -0.25) is 14.9 Å². The van der Waals surface area contributed by atoms with E-state index >= 15 is 4.39 Å². The SMILES string of the molecule is Cn1ccnc1NC(=O)c1c(O)n(C(N)=O)c2cc(C(=O)c3cccs3)cc(F)c12. The molecule has 3 heterocycles. The molecule has 0 fully saturated rings. The van der Waals surface area contributed by atoms with Crippen LogP contribution in [-0.2, 0) is 7.05 Å². The van der Waals surface area contributed by atoms with E-state index in [9.17, 15) is 19.5 Å². The Labute approximate surface area is 172 Å². The molecule has 0 saturated carbocycles. The number of anilines is 1. The zero-order valence-electron chi connectivity index (χ0n) is 15.4. The molecule has 152 valence electrons. The zero-order chi connectivity index (χ0) is 21.6. The molecule has 2 amide bonds. The first-order valence-corrected chi connectivity index (χ1v) is 9.41. The Morgan fingerprint density at radius 1 is 1.30 bits per heavy atom. The molecule has 0 unspecified atom stereocenters. The van der Waals surface area contributed by atoms with E-state index < -0.39 is 35.0 Å². The number of carbonyl (C=O) groups is 3. The van der Waals surface area contributed by atoms with Gasteiger partial charge in [0.15, 0.2) is 0 Å². The highest BCUT2D eigenvalue weighted by Crippen LogP contribution is 2.35. The molecule has 4 N–H and O–H groups in total. The Hall–Kier alpha value is -3.99. The lowest BCUT2D eigenvalue weighted by Gasteiger charge is -2.05. The number of nitrogens with one attached hydrogen (secondary N) is 1. The molecule has 11 heteroatoms. The number of thiophene rings is 1. The lowest BCUT2D eigenvalue weighted by molar-refractivity contribution is 0.102. The summed E-state index contributed by atoms with van der Waals surface area (Å²) in [5, 5.41) is 14.3. The number of benzene rings is 1. The Balaban J connectivity index is 1.91. The van der Waals surface area contributed by atoms with Crippen molar-refractivity contribution in [3.8, 4) is 5.88 Å². The van der Waals surface area contributed by atoms with Gasteiger partial charge >= 0.3 is 6.03 Å². The monoisotopic (exact) mass is 427 g/mol. The largest absolute Gasteiger partial charge is 0.494 e. The number of ketones is 1. The number of aryl methyl sites for hydroxylation is 1. The average molecular weight is 427 g/mol. The van der Waals surface area contributed by atoms with E-state index in [0.717, 1.165) is 6.07 Å². The topological polar surface area (TPSA) is 132 Å². The third kappa shape index (κ3) is 3.01. The smallest absolute Gasteiger partial charge is 0.326 e. The van der Waals surface area contributed by atoms with Crippen LogP contribution in [0.4, 0.5) is 15.1 Å². The van der Waals surface area contributed by atoms with Crippen molar-refractivity contribution >= 4 is 45.9 Å². The first-order chi connectivity index (χ1) is 14.3. The lowest BCUT2D eigenvalue weighted by Crippen LogP contribution is -2.19. The molecule has 3 aromatic heterocycles. The Morgan fingerprint density at radius 3 is 2.67 bits per heavy atom. The molecule has 0 aliphatic rings. The summed E-state index contributed by atoms with van der Waals surface area (Å²) in [5.41, 5.74) is 4.57. The fourth-order valence-corrected chi connectivity index (χ4v) is 3.81. The number of primary amides is 1. The van der Waals surface area contributed by atoms with E-state index in [2.05, 4.69) is 10.3 Å². The maximum absolute atomic E-state index is 15.1. The second-order valence-electron chi connectivity index (χ2n) is 6.35. The molecule has 0 aliphatic heterocycles.